The molecule has 0 aliphatic carbocycles. The summed E-state index contributed by atoms with van der Waals surface area (Å²) in [5.74, 6) is 0. The minimum Gasteiger partial charge on any atom is -0.396 e. The van der Waals surface area contributed by atoms with Gasteiger partial charge in [0.05, 0.1) is 6.04 Å². The first-order chi connectivity index (χ1) is 3.68. The zero-order chi connectivity index (χ0) is 6.57. The number of carbonyl (C=O) groups is 1. The van der Waals surface area contributed by atoms with E-state index in [2.05, 4.69) is 0 Å². The fourth-order valence-electron chi connectivity index (χ4n) is 0.253. The molecule has 48 valence electrons. The number of carbonyl (C=O) groups excluding carboxylic acids is 1. The first-order valence-corrected chi connectivity index (χ1v) is 2.62. The number of hydrogen-bond acceptors (Lipinski definition) is 3. The van der Waals surface area contributed by atoms with E-state index in [-0.39, 0.29) is 13.0 Å². The molecule has 0 aromatic carbocycles. The van der Waals surface area contributed by atoms with Crippen molar-refractivity contribution in [3.05, 3.63) is 0 Å². The largest absolute Gasteiger partial charge is 0.396 e. The molecule has 0 saturated heterocycles. The van der Waals surface area contributed by atoms with Gasteiger partial charge >= 0.3 is 0 Å². The molecule has 0 bridgehead atoms. The predicted molar refractivity (Wildman–Crippen MR) is 30.5 cm³/mol. The van der Waals surface area contributed by atoms with Gasteiger partial charge in [-0.2, -0.15) is 0 Å². The van der Waals surface area contributed by atoms with Crippen molar-refractivity contribution in [2.75, 3.05) is 6.61 Å². The number of aliphatic hydroxyl groups is 1. The average molecular weight is 138 g/mol. The zero-order valence-electron chi connectivity index (χ0n) is 4.30. The molecule has 8 heavy (non-hydrogen) atoms. The molecular weight excluding hydrogens is 130 g/mol. The van der Waals surface area contributed by atoms with Crippen LogP contribution in [0.2, 0.25) is 0 Å². The fourth-order valence-corrected chi connectivity index (χ4v) is 0.362. The number of aliphatic hydroxyl groups excluding tert-OH is 1. The summed E-state index contributed by atoms with van der Waals surface area (Å²) in [6, 6.07) is -0.707. The van der Waals surface area contributed by atoms with Gasteiger partial charge in [-0.05, 0) is 18.0 Å². The zero-order valence-corrected chi connectivity index (χ0v) is 5.06. The Balaban J connectivity index is 3.32. The quantitative estimate of drug-likeness (QED) is 0.514. The lowest BCUT2D eigenvalue weighted by molar-refractivity contribution is -0.113. The molecule has 0 aliphatic heterocycles. The molecule has 0 saturated carbocycles. The van der Waals surface area contributed by atoms with Crippen molar-refractivity contribution in [1.29, 1.82) is 0 Å². The van der Waals surface area contributed by atoms with Crippen molar-refractivity contribution < 1.29 is 9.90 Å². The molecular formula is C4H8ClNO2. The molecule has 0 spiro atoms. The third-order valence-corrected chi connectivity index (χ3v) is 1.01. The molecule has 0 aromatic rings. The predicted octanol–water partition coefficient (Wildman–Crippen LogP) is -0.538. The van der Waals surface area contributed by atoms with Crippen molar-refractivity contribution >= 4 is 16.8 Å². The molecule has 0 aromatic heterocycles. The third-order valence-electron chi connectivity index (χ3n) is 0.732. The van der Waals surface area contributed by atoms with Crippen molar-refractivity contribution in [2.45, 2.75) is 12.5 Å². The third kappa shape index (κ3) is 2.96. The molecule has 1 unspecified atom stereocenters. The Kier molecular flexibility index (Phi) is 3.77. The summed E-state index contributed by atoms with van der Waals surface area (Å²) in [6.45, 7) is -0.0976. The summed E-state index contributed by atoms with van der Waals surface area (Å²) in [7, 11) is 0. The van der Waals surface area contributed by atoms with Crippen LogP contribution in [0.3, 0.4) is 0 Å². The second-order valence-corrected chi connectivity index (χ2v) is 1.80. The molecule has 4 heteroatoms. The highest BCUT2D eigenvalue weighted by Gasteiger charge is 2.07. The van der Waals surface area contributed by atoms with Crippen molar-refractivity contribution in [3.8, 4) is 0 Å². The molecule has 3 nitrogen and oxygen atoms in total. The van der Waals surface area contributed by atoms with Gasteiger partial charge in [-0.3, -0.25) is 4.79 Å². The summed E-state index contributed by atoms with van der Waals surface area (Å²) in [6.07, 6.45) is 0.238. The summed E-state index contributed by atoms with van der Waals surface area (Å²) < 4.78 is 0. The highest BCUT2D eigenvalue weighted by atomic mass is 35.5. The maximum Gasteiger partial charge on any atom is 0.238 e. The lowest BCUT2D eigenvalue weighted by Gasteiger charge is -1.99. The normalized spacial score (nSPS) is 13.4. The van der Waals surface area contributed by atoms with Crippen molar-refractivity contribution in [3.63, 3.8) is 0 Å². The van der Waals surface area contributed by atoms with Crippen molar-refractivity contribution in [2.24, 2.45) is 5.73 Å². The lowest BCUT2D eigenvalue weighted by Crippen LogP contribution is -2.27. The topological polar surface area (TPSA) is 63.3 Å². The van der Waals surface area contributed by atoms with Gasteiger partial charge in [0.1, 0.15) is 0 Å². The van der Waals surface area contributed by atoms with Gasteiger partial charge < -0.3 is 10.8 Å². The number of halogens is 1. The van der Waals surface area contributed by atoms with Crippen LogP contribution in [0, 0.1) is 0 Å². The highest BCUT2D eigenvalue weighted by molar-refractivity contribution is 6.64. The summed E-state index contributed by atoms with van der Waals surface area (Å²) in [5.41, 5.74) is 5.09. The lowest BCUT2D eigenvalue weighted by atomic mass is 10.3. The van der Waals surface area contributed by atoms with Crippen LogP contribution < -0.4 is 5.73 Å². The first-order valence-electron chi connectivity index (χ1n) is 2.24. The smallest absolute Gasteiger partial charge is 0.238 e. The second kappa shape index (κ2) is 3.83. The van der Waals surface area contributed by atoms with Gasteiger partial charge in [0.2, 0.25) is 5.24 Å². The van der Waals surface area contributed by atoms with Crippen molar-refractivity contribution in [1.82, 2.24) is 0 Å². The summed E-state index contributed by atoms with van der Waals surface area (Å²) in [4.78, 5) is 10.1. The van der Waals surface area contributed by atoms with Crippen LogP contribution in [-0.2, 0) is 4.79 Å². The summed E-state index contributed by atoms with van der Waals surface area (Å²) in [5, 5.41) is 7.60. The number of rotatable bonds is 3. The van der Waals surface area contributed by atoms with Gasteiger partial charge in [0, 0.05) is 6.61 Å². The van der Waals surface area contributed by atoms with Crippen LogP contribution in [0.15, 0.2) is 0 Å². The highest BCUT2D eigenvalue weighted by Crippen LogP contribution is 1.91. The number of hydrogen-bond donors (Lipinski definition) is 2. The fraction of sp³-hybridized carbons (Fsp3) is 0.750. The Morgan fingerprint density at radius 2 is 2.38 bits per heavy atom. The molecule has 0 aliphatic rings. The minimum absolute atomic E-state index is 0.0976. The van der Waals surface area contributed by atoms with E-state index in [0.29, 0.717) is 0 Å². The van der Waals surface area contributed by atoms with E-state index in [1.54, 1.807) is 0 Å². The molecule has 0 fully saturated rings. The Labute approximate surface area is 52.4 Å². The van der Waals surface area contributed by atoms with Crippen LogP contribution in [0.4, 0.5) is 0 Å². The first kappa shape index (κ1) is 7.88. The molecule has 0 rings (SSSR count). The van der Waals surface area contributed by atoms with Crippen LogP contribution in [0.25, 0.3) is 0 Å². The van der Waals surface area contributed by atoms with E-state index in [9.17, 15) is 4.79 Å². The molecule has 0 amide bonds. The molecule has 0 heterocycles. The summed E-state index contributed by atoms with van der Waals surface area (Å²) >= 11 is 4.93. The molecule has 0 radical (unpaired) electrons. The van der Waals surface area contributed by atoms with Gasteiger partial charge in [-0.25, -0.2) is 0 Å². The van der Waals surface area contributed by atoms with Gasteiger partial charge in [0.15, 0.2) is 0 Å². The van der Waals surface area contributed by atoms with Gasteiger partial charge in [0.25, 0.3) is 0 Å². The minimum atomic E-state index is -0.707. The van der Waals surface area contributed by atoms with Crippen LogP contribution in [0.1, 0.15) is 6.42 Å². The van der Waals surface area contributed by atoms with E-state index >= 15 is 0 Å². The number of nitrogens with two attached hydrogens (primary N) is 1. The molecule has 3 N–H and O–H groups in total. The maximum absolute atomic E-state index is 10.1. The van der Waals surface area contributed by atoms with Gasteiger partial charge in [-0.15, -0.1) is 0 Å². The Morgan fingerprint density at radius 3 is 2.50 bits per heavy atom. The van der Waals surface area contributed by atoms with E-state index < -0.39 is 11.3 Å². The monoisotopic (exact) mass is 137 g/mol. The standard InChI is InChI=1S/C4H8ClNO2/c5-4(8)3(6)1-2-7/h3,7H,1-2,6H2. The molecule has 1 atom stereocenters. The van der Waals surface area contributed by atoms with Crippen LogP contribution in [0.5, 0.6) is 0 Å². The average Bonchev–Trinajstić information content (AvgIpc) is 1.67. The SMILES string of the molecule is NC(CCO)C(=O)Cl. The van der Waals surface area contributed by atoms with E-state index in [1.807, 2.05) is 0 Å². The van der Waals surface area contributed by atoms with Crippen LogP contribution in [-0.4, -0.2) is 23.0 Å². The van der Waals surface area contributed by atoms with E-state index in [4.69, 9.17) is 22.4 Å². The second-order valence-electron chi connectivity index (χ2n) is 1.42. The van der Waals surface area contributed by atoms with Crippen LogP contribution >= 0.6 is 11.6 Å². The van der Waals surface area contributed by atoms with E-state index in [0.717, 1.165) is 0 Å². The van der Waals surface area contributed by atoms with Gasteiger partial charge in [-0.1, -0.05) is 0 Å². The Bertz CT molecular complexity index is 86.1. The maximum atomic E-state index is 10.1. The Hall–Kier alpha value is -0.120. The Morgan fingerprint density at radius 1 is 1.88 bits per heavy atom. The van der Waals surface area contributed by atoms with E-state index in [1.165, 1.54) is 0 Å².